The van der Waals surface area contributed by atoms with Crippen molar-refractivity contribution in [3.63, 3.8) is 0 Å². The number of ether oxygens (including phenoxy) is 3. The molecule has 31 heavy (non-hydrogen) atoms. The smallest absolute Gasteiger partial charge is 0.337 e. The Labute approximate surface area is 195 Å². The summed E-state index contributed by atoms with van der Waals surface area (Å²) in [6.07, 6.45) is 4.93. The lowest BCUT2D eigenvalue weighted by molar-refractivity contribution is 0.0600. The molecule has 4 rings (SSSR count). The van der Waals surface area contributed by atoms with Gasteiger partial charge in [0, 0.05) is 15.1 Å². The van der Waals surface area contributed by atoms with Crippen LogP contribution in [-0.2, 0) is 10.1 Å². The van der Waals surface area contributed by atoms with Crippen LogP contribution in [0.25, 0.3) is 20.9 Å². The van der Waals surface area contributed by atoms with Crippen molar-refractivity contribution < 1.29 is 19.0 Å². The summed E-state index contributed by atoms with van der Waals surface area (Å²) in [6.45, 7) is 0. The minimum absolute atomic E-state index is 0.273. The molecular weight excluding hydrogens is 476 g/mol. The van der Waals surface area contributed by atoms with Crippen LogP contribution >= 0.6 is 27.3 Å². The average molecular weight is 501 g/mol. The normalized spacial score (nSPS) is 13.9. The number of hydrogen-bond donors (Lipinski definition) is 0. The van der Waals surface area contributed by atoms with Crippen molar-refractivity contribution in [1.82, 2.24) is 0 Å². The van der Waals surface area contributed by atoms with Gasteiger partial charge in [-0.05, 0) is 78.8 Å². The molecule has 0 amide bonds. The number of rotatable bonds is 7. The molecule has 1 aliphatic rings. The van der Waals surface area contributed by atoms with Gasteiger partial charge >= 0.3 is 5.97 Å². The number of methoxy groups -OCH3 is 2. The molecule has 0 spiro atoms. The van der Waals surface area contributed by atoms with Crippen molar-refractivity contribution >= 4 is 33.2 Å². The Bertz CT molecular complexity index is 1050. The average Bonchev–Trinajstić information content (AvgIpc) is 3.48. The van der Waals surface area contributed by atoms with Crippen LogP contribution in [0.1, 0.15) is 41.6 Å². The zero-order chi connectivity index (χ0) is 21.8. The highest BCUT2D eigenvalue weighted by molar-refractivity contribution is 9.08. The first-order chi connectivity index (χ1) is 15.1. The summed E-state index contributed by atoms with van der Waals surface area (Å²) in [4.78, 5) is 14.1. The summed E-state index contributed by atoms with van der Waals surface area (Å²) in [5.74, 6) is 1.25. The SMILES string of the molecule is COC(=O)c1ccc(-c2sc(-c3ccc(OC)c(OC4CCCC4)c3)cc2CBr)cc1. The highest BCUT2D eigenvalue weighted by atomic mass is 79.9. The molecule has 2 aromatic carbocycles. The van der Waals surface area contributed by atoms with Gasteiger partial charge in [-0.1, -0.05) is 28.1 Å². The van der Waals surface area contributed by atoms with E-state index in [2.05, 4.69) is 34.1 Å². The minimum Gasteiger partial charge on any atom is -0.493 e. The van der Waals surface area contributed by atoms with Crippen molar-refractivity contribution in [2.24, 2.45) is 0 Å². The molecule has 1 fully saturated rings. The molecule has 0 aliphatic heterocycles. The molecule has 0 N–H and O–H groups in total. The molecule has 0 bridgehead atoms. The van der Waals surface area contributed by atoms with Crippen molar-refractivity contribution in [3.05, 3.63) is 59.7 Å². The first kappa shape index (κ1) is 21.9. The van der Waals surface area contributed by atoms with Gasteiger partial charge in [0.25, 0.3) is 0 Å². The fraction of sp³-hybridized carbons (Fsp3) is 0.320. The number of carbonyl (C=O) groups is 1. The molecule has 6 heteroatoms. The zero-order valence-corrected chi connectivity index (χ0v) is 20.1. The second kappa shape index (κ2) is 9.88. The highest BCUT2D eigenvalue weighted by Crippen LogP contribution is 2.42. The van der Waals surface area contributed by atoms with E-state index >= 15 is 0 Å². The van der Waals surface area contributed by atoms with Crippen LogP contribution in [0.2, 0.25) is 0 Å². The second-order valence-electron chi connectivity index (χ2n) is 7.56. The Morgan fingerprint density at radius 1 is 1.00 bits per heavy atom. The van der Waals surface area contributed by atoms with Crippen LogP contribution in [-0.4, -0.2) is 26.3 Å². The van der Waals surface area contributed by atoms with E-state index in [9.17, 15) is 4.79 Å². The Balaban J connectivity index is 1.66. The molecule has 3 aromatic rings. The zero-order valence-electron chi connectivity index (χ0n) is 17.7. The van der Waals surface area contributed by atoms with Crippen LogP contribution < -0.4 is 9.47 Å². The summed E-state index contributed by atoms with van der Waals surface area (Å²) < 4.78 is 16.6. The lowest BCUT2D eigenvalue weighted by Gasteiger charge is -2.16. The second-order valence-corrected chi connectivity index (χ2v) is 9.17. The summed E-state index contributed by atoms with van der Waals surface area (Å²) in [5, 5.41) is 0.749. The van der Waals surface area contributed by atoms with E-state index in [0.29, 0.717) is 5.56 Å². The van der Waals surface area contributed by atoms with Crippen molar-refractivity contribution in [2.75, 3.05) is 14.2 Å². The monoisotopic (exact) mass is 500 g/mol. The van der Waals surface area contributed by atoms with Crippen molar-refractivity contribution in [2.45, 2.75) is 37.1 Å². The van der Waals surface area contributed by atoms with Crippen LogP contribution in [0.4, 0.5) is 0 Å². The Kier molecular flexibility index (Phi) is 6.98. The van der Waals surface area contributed by atoms with Crippen molar-refractivity contribution in [1.29, 1.82) is 0 Å². The number of benzene rings is 2. The molecular formula is C25H25BrO4S. The topological polar surface area (TPSA) is 44.8 Å². The van der Waals surface area contributed by atoms with E-state index in [1.165, 1.54) is 35.3 Å². The predicted octanol–water partition coefficient (Wildman–Crippen LogP) is 7.09. The quantitative estimate of drug-likeness (QED) is 0.256. The van der Waals surface area contributed by atoms with Gasteiger partial charge in [-0.25, -0.2) is 4.79 Å². The summed E-state index contributed by atoms with van der Waals surface area (Å²) in [5.41, 5.74) is 3.94. The van der Waals surface area contributed by atoms with Gasteiger partial charge in [0.15, 0.2) is 11.5 Å². The third kappa shape index (κ3) is 4.80. The number of esters is 1. The van der Waals surface area contributed by atoms with E-state index in [4.69, 9.17) is 14.2 Å². The molecule has 1 aliphatic carbocycles. The minimum atomic E-state index is -0.327. The number of carbonyl (C=O) groups excluding carboxylic acids is 1. The molecule has 0 atom stereocenters. The summed E-state index contributed by atoms with van der Waals surface area (Å²) >= 11 is 5.36. The summed E-state index contributed by atoms with van der Waals surface area (Å²) in [7, 11) is 3.07. The van der Waals surface area contributed by atoms with Crippen molar-refractivity contribution in [3.8, 4) is 32.4 Å². The van der Waals surface area contributed by atoms with E-state index in [1.54, 1.807) is 30.6 Å². The summed E-state index contributed by atoms with van der Waals surface area (Å²) in [6, 6.07) is 15.9. The van der Waals surface area contributed by atoms with Crippen LogP contribution in [0.5, 0.6) is 11.5 Å². The van der Waals surface area contributed by atoms with E-state index < -0.39 is 0 Å². The Morgan fingerprint density at radius 2 is 1.71 bits per heavy atom. The molecule has 1 heterocycles. The fourth-order valence-electron chi connectivity index (χ4n) is 3.90. The standard InChI is InChI=1S/C25H25BrO4S/c1-28-21-12-11-18(13-22(21)30-20-5-3-4-6-20)23-14-19(15-26)24(31-23)16-7-9-17(10-8-16)25(27)29-2/h7-14,20H,3-6,15H2,1-2H3. The van der Waals surface area contributed by atoms with Gasteiger partial charge in [-0.15, -0.1) is 11.3 Å². The lowest BCUT2D eigenvalue weighted by Crippen LogP contribution is -2.11. The van der Waals surface area contributed by atoms with E-state index in [0.717, 1.165) is 40.8 Å². The Morgan fingerprint density at radius 3 is 2.35 bits per heavy atom. The van der Waals surface area contributed by atoms with Gasteiger partial charge in [0.2, 0.25) is 0 Å². The number of thiophene rings is 1. The molecule has 0 saturated heterocycles. The van der Waals surface area contributed by atoms with Gasteiger partial charge < -0.3 is 14.2 Å². The first-order valence-electron chi connectivity index (χ1n) is 10.4. The maximum absolute atomic E-state index is 11.7. The van der Waals surface area contributed by atoms with Gasteiger partial charge in [0.05, 0.1) is 25.9 Å². The molecule has 1 aromatic heterocycles. The molecule has 0 unspecified atom stereocenters. The molecule has 1 saturated carbocycles. The largest absolute Gasteiger partial charge is 0.493 e. The number of halogens is 1. The van der Waals surface area contributed by atoms with Gasteiger partial charge in [0.1, 0.15) is 0 Å². The van der Waals surface area contributed by atoms with Gasteiger partial charge in [-0.3, -0.25) is 0 Å². The van der Waals surface area contributed by atoms with Crippen LogP contribution in [0.3, 0.4) is 0 Å². The number of alkyl halides is 1. The lowest BCUT2D eigenvalue weighted by atomic mass is 10.1. The van der Waals surface area contributed by atoms with Gasteiger partial charge in [-0.2, -0.15) is 0 Å². The fourth-order valence-corrected chi connectivity index (χ4v) is 5.71. The Hall–Kier alpha value is -2.31. The maximum atomic E-state index is 11.7. The molecule has 0 radical (unpaired) electrons. The molecule has 162 valence electrons. The van der Waals surface area contributed by atoms with E-state index in [1.807, 2.05) is 18.2 Å². The highest BCUT2D eigenvalue weighted by Gasteiger charge is 2.20. The first-order valence-corrected chi connectivity index (χ1v) is 12.3. The number of hydrogen-bond acceptors (Lipinski definition) is 5. The third-order valence-electron chi connectivity index (χ3n) is 5.57. The van der Waals surface area contributed by atoms with Crippen LogP contribution in [0, 0.1) is 0 Å². The predicted molar refractivity (Wildman–Crippen MR) is 129 cm³/mol. The van der Waals surface area contributed by atoms with E-state index in [-0.39, 0.29) is 12.1 Å². The third-order valence-corrected chi connectivity index (χ3v) is 7.44. The maximum Gasteiger partial charge on any atom is 0.337 e. The molecule has 4 nitrogen and oxygen atoms in total. The van der Waals surface area contributed by atoms with Crippen LogP contribution in [0.15, 0.2) is 48.5 Å².